The predicted molar refractivity (Wildman–Crippen MR) is 290 cm³/mol. The van der Waals surface area contributed by atoms with E-state index in [0.717, 1.165) is 16.6 Å². The van der Waals surface area contributed by atoms with Crippen LogP contribution < -0.4 is 12.4 Å². The molecule has 0 saturated heterocycles. The van der Waals surface area contributed by atoms with Gasteiger partial charge in [-0.25, -0.2) is 0 Å². The number of aliphatic hydroxyl groups is 1. The topological polar surface area (TPSA) is 29.5 Å². The molecule has 3 nitrogen and oxygen atoms in total. The summed E-state index contributed by atoms with van der Waals surface area (Å²) in [6.45, 7) is 18.6. The predicted octanol–water partition coefficient (Wildman–Crippen LogP) is 17.5. The normalized spacial score (nSPS) is 12.3. The van der Waals surface area contributed by atoms with Crippen molar-refractivity contribution in [3.8, 4) is 0 Å². The van der Waals surface area contributed by atoms with Crippen LogP contribution >= 0.6 is 0 Å². The number of unbranched alkanes of at least 4 members (excludes halogenated alkanes) is 45. The van der Waals surface area contributed by atoms with E-state index in [0.29, 0.717) is 13.2 Å². The summed E-state index contributed by atoms with van der Waals surface area (Å²) in [5.74, 6) is 0. The molecule has 0 saturated carbocycles. The Kier molecular flexibility index (Phi) is 58.2. The molecule has 1 unspecified atom stereocenters. The van der Waals surface area contributed by atoms with Crippen LogP contribution in [0.5, 0.6) is 0 Å². The number of nitrogens with zero attached hydrogens (tertiary/aromatic N) is 1. The third-order valence-corrected chi connectivity index (χ3v) is 14.7. The lowest BCUT2D eigenvalue weighted by Crippen LogP contribution is -3.00. The fraction of sp³-hybridized carbons (Fsp3) is 0.967. The molecule has 4 heteroatoms. The lowest BCUT2D eigenvalue weighted by Gasteiger charge is -2.41. The summed E-state index contributed by atoms with van der Waals surface area (Å²) in [5.41, 5.74) is 1.04. The minimum atomic E-state index is -0.387. The third-order valence-electron chi connectivity index (χ3n) is 14.7. The Labute approximate surface area is 418 Å². The van der Waals surface area contributed by atoms with E-state index in [2.05, 4.69) is 27.4 Å². The van der Waals surface area contributed by atoms with Crippen LogP contribution in [-0.4, -0.2) is 55.1 Å². The van der Waals surface area contributed by atoms with E-state index < -0.39 is 0 Å². The molecule has 0 aromatic rings. The van der Waals surface area contributed by atoms with E-state index in [4.69, 9.17) is 4.74 Å². The highest BCUT2D eigenvalue weighted by Gasteiger charge is 2.29. The summed E-state index contributed by atoms with van der Waals surface area (Å²) >= 11 is 0. The molecule has 65 heavy (non-hydrogen) atoms. The van der Waals surface area contributed by atoms with E-state index in [1.165, 1.54) is 328 Å². The highest BCUT2D eigenvalue weighted by atomic mass is 35.5. The molecule has 0 spiro atoms. The average molecular weight is 939 g/mol. The number of hydrogen-bond acceptors (Lipinski definition) is 2. The van der Waals surface area contributed by atoms with Crippen LogP contribution in [0.25, 0.3) is 0 Å². The van der Waals surface area contributed by atoms with Gasteiger partial charge in [-0.05, 0) is 45.4 Å². The van der Waals surface area contributed by atoms with Crippen molar-refractivity contribution in [3.63, 3.8) is 0 Å². The summed E-state index contributed by atoms with van der Waals surface area (Å²) < 4.78 is 7.07. The summed E-state index contributed by atoms with van der Waals surface area (Å²) in [5, 5.41) is 11.4. The average Bonchev–Trinajstić information content (AvgIpc) is 3.28. The van der Waals surface area contributed by atoms with Gasteiger partial charge in [-0.15, -0.1) is 0 Å². The largest absolute Gasteiger partial charge is 1.00 e. The number of quaternary nitrogens is 1. The van der Waals surface area contributed by atoms with E-state index in [1.807, 2.05) is 6.92 Å². The standard InChI is InChI=1S/C61H124NO2.ClH/c1-6-9-12-15-18-21-24-27-30-33-36-39-42-45-48-51-54-62(57-61(63)59-64-58-60(4)5,55-52-49-46-43-40-37-34-31-28-25-22-19-16-13-10-7-2)56-53-50-47-44-41-38-35-32-29-26-23-20-17-14-11-8-3;/h61,63H,4,6-59H2,1-3,5H3;1H/q+1;/p-1. The van der Waals surface area contributed by atoms with Gasteiger partial charge in [0.25, 0.3) is 0 Å². The number of aliphatic hydroxyl groups excluding tert-OH is 1. The molecule has 1 N–H and O–H groups in total. The first-order valence-corrected chi connectivity index (χ1v) is 30.2. The van der Waals surface area contributed by atoms with Crippen LogP contribution in [-0.2, 0) is 4.74 Å². The zero-order valence-corrected chi connectivity index (χ0v) is 46.4. The van der Waals surface area contributed by atoms with Crippen LogP contribution in [0.3, 0.4) is 0 Å². The van der Waals surface area contributed by atoms with Crippen molar-refractivity contribution in [1.82, 2.24) is 0 Å². The van der Waals surface area contributed by atoms with Crippen molar-refractivity contribution in [2.24, 2.45) is 0 Å². The van der Waals surface area contributed by atoms with Crippen molar-refractivity contribution in [3.05, 3.63) is 12.2 Å². The first kappa shape index (κ1) is 67.0. The second-order valence-electron chi connectivity index (χ2n) is 21.7. The van der Waals surface area contributed by atoms with Crippen molar-refractivity contribution in [2.75, 3.05) is 39.4 Å². The van der Waals surface area contributed by atoms with E-state index in [-0.39, 0.29) is 18.5 Å². The summed E-state index contributed by atoms with van der Waals surface area (Å²) in [6.07, 6.45) is 67.8. The molecular formula is C61H124ClNO2. The molecule has 0 aliphatic rings. The van der Waals surface area contributed by atoms with Gasteiger partial charge in [0.05, 0.1) is 32.8 Å². The smallest absolute Gasteiger partial charge is 0.126 e. The van der Waals surface area contributed by atoms with Gasteiger partial charge in [0, 0.05) is 0 Å². The molecule has 392 valence electrons. The van der Waals surface area contributed by atoms with Crippen molar-refractivity contribution in [2.45, 2.75) is 342 Å². The van der Waals surface area contributed by atoms with Crippen LogP contribution in [0.1, 0.15) is 336 Å². The number of halogens is 1. The van der Waals surface area contributed by atoms with Gasteiger partial charge >= 0.3 is 0 Å². The van der Waals surface area contributed by atoms with E-state index >= 15 is 0 Å². The van der Waals surface area contributed by atoms with Gasteiger partial charge in [0.2, 0.25) is 0 Å². The Morgan fingerprint density at radius 2 is 0.538 bits per heavy atom. The molecule has 0 amide bonds. The highest BCUT2D eigenvalue weighted by Crippen LogP contribution is 2.22. The zero-order chi connectivity index (χ0) is 46.5. The number of ether oxygens (including phenoxy) is 1. The van der Waals surface area contributed by atoms with Gasteiger partial charge in [0.1, 0.15) is 12.6 Å². The Morgan fingerprint density at radius 1 is 0.354 bits per heavy atom. The number of hydrogen-bond donors (Lipinski definition) is 1. The molecule has 0 aromatic heterocycles. The molecule has 0 rings (SSSR count). The Hall–Kier alpha value is -0.0900. The van der Waals surface area contributed by atoms with Gasteiger partial charge in [-0.1, -0.05) is 303 Å². The molecule has 0 aliphatic heterocycles. The minimum Gasteiger partial charge on any atom is -1.00 e. The minimum absolute atomic E-state index is 0. The second-order valence-corrected chi connectivity index (χ2v) is 21.7. The van der Waals surface area contributed by atoms with Crippen LogP contribution in [0.15, 0.2) is 12.2 Å². The monoisotopic (exact) mass is 938 g/mol. The quantitative estimate of drug-likeness (QED) is 0.0374. The molecule has 0 aromatic carbocycles. The lowest BCUT2D eigenvalue weighted by atomic mass is 10.0. The van der Waals surface area contributed by atoms with E-state index in [9.17, 15) is 5.11 Å². The van der Waals surface area contributed by atoms with E-state index in [1.54, 1.807) is 0 Å². The Balaban J connectivity index is 0. The maximum atomic E-state index is 11.4. The molecule has 0 aliphatic carbocycles. The van der Waals surface area contributed by atoms with Crippen LogP contribution in [0.2, 0.25) is 0 Å². The Morgan fingerprint density at radius 3 is 0.723 bits per heavy atom. The number of rotatable bonds is 57. The molecule has 1 atom stereocenters. The van der Waals surface area contributed by atoms with Crippen molar-refractivity contribution >= 4 is 0 Å². The fourth-order valence-corrected chi connectivity index (χ4v) is 10.5. The first-order chi connectivity index (χ1) is 31.5. The first-order valence-electron chi connectivity index (χ1n) is 30.2. The molecule has 0 bridgehead atoms. The fourth-order valence-electron chi connectivity index (χ4n) is 10.5. The van der Waals surface area contributed by atoms with Crippen molar-refractivity contribution in [1.29, 1.82) is 0 Å². The molecule has 0 radical (unpaired) electrons. The highest BCUT2D eigenvalue weighted by molar-refractivity contribution is 4.87. The SMILES string of the molecule is C=C(C)COCC(O)C[N+](CCCCCCCCCCCCCCCCCC)(CCCCCCCCCCCCCCCCCC)CCCCCCCCCCCCCCCCCC.[Cl-]. The summed E-state index contributed by atoms with van der Waals surface area (Å²) in [7, 11) is 0. The van der Waals surface area contributed by atoms with Crippen molar-refractivity contribution < 1.29 is 26.7 Å². The molecule has 0 heterocycles. The van der Waals surface area contributed by atoms with Gasteiger partial charge < -0.3 is 26.7 Å². The van der Waals surface area contributed by atoms with Gasteiger partial charge in [-0.2, -0.15) is 0 Å². The van der Waals surface area contributed by atoms with Crippen LogP contribution in [0.4, 0.5) is 0 Å². The van der Waals surface area contributed by atoms with Crippen LogP contribution in [0, 0.1) is 0 Å². The third kappa shape index (κ3) is 53.1. The zero-order valence-electron chi connectivity index (χ0n) is 45.6. The Bertz CT molecular complexity index is 791. The maximum Gasteiger partial charge on any atom is 0.126 e. The maximum absolute atomic E-state index is 11.4. The molecular weight excluding hydrogens is 814 g/mol. The summed E-state index contributed by atoms with van der Waals surface area (Å²) in [4.78, 5) is 0. The second kappa shape index (κ2) is 56.5. The lowest BCUT2D eigenvalue weighted by molar-refractivity contribution is -0.931. The van der Waals surface area contributed by atoms with Gasteiger partial charge in [0.15, 0.2) is 0 Å². The van der Waals surface area contributed by atoms with Gasteiger partial charge in [-0.3, -0.25) is 0 Å². The summed E-state index contributed by atoms with van der Waals surface area (Å²) in [6, 6.07) is 0. The molecule has 0 fully saturated rings.